The third-order valence-electron chi connectivity index (χ3n) is 3.14. The van der Waals surface area contributed by atoms with Crippen LogP contribution in [-0.4, -0.2) is 27.4 Å². The Bertz CT molecular complexity index is 606. The first kappa shape index (κ1) is 15.8. The van der Waals surface area contributed by atoms with Crippen molar-refractivity contribution in [2.75, 3.05) is 33.2 Å². The van der Waals surface area contributed by atoms with Gasteiger partial charge in [-0.25, -0.2) is 0 Å². The number of ether oxygens (including phenoxy) is 4. The van der Waals surface area contributed by atoms with Gasteiger partial charge in [0.15, 0.2) is 11.5 Å². The van der Waals surface area contributed by atoms with Crippen molar-refractivity contribution in [1.82, 2.24) is 0 Å². The summed E-state index contributed by atoms with van der Waals surface area (Å²) >= 11 is 0. The molecule has 2 rings (SSSR count). The fourth-order valence-electron chi connectivity index (χ4n) is 2.05. The SMILES string of the molecule is COc1cccc(OC)c1OCCOc1ccc(C)cc1N. The Hall–Kier alpha value is -2.56. The molecule has 0 bridgehead atoms. The zero-order valence-corrected chi connectivity index (χ0v) is 13.1. The third-order valence-corrected chi connectivity index (χ3v) is 3.14. The summed E-state index contributed by atoms with van der Waals surface area (Å²) in [5.74, 6) is 2.46. The summed E-state index contributed by atoms with van der Waals surface area (Å²) in [5, 5.41) is 0. The standard InChI is InChI=1S/C17H21NO4/c1-12-7-8-14(13(18)11-12)21-9-10-22-17-15(19-2)5-4-6-16(17)20-3/h4-8,11H,9-10,18H2,1-3H3. The largest absolute Gasteiger partial charge is 0.493 e. The second-order valence-electron chi connectivity index (χ2n) is 4.73. The molecule has 0 spiro atoms. The molecule has 0 aliphatic heterocycles. The molecule has 0 aliphatic carbocycles. The van der Waals surface area contributed by atoms with Crippen LogP contribution in [0, 0.1) is 6.92 Å². The van der Waals surface area contributed by atoms with Gasteiger partial charge < -0.3 is 24.7 Å². The molecule has 118 valence electrons. The molecule has 2 aromatic carbocycles. The van der Waals surface area contributed by atoms with Crippen molar-refractivity contribution in [3.05, 3.63) is 42.0 Å². The summed E-state index contributed by atoms with van der Waals surface area (Å²) in [7, 11) is 3.18. The summed E-state index contributed by atoms with van der Waals surface area (Å²) in [6.07, 6.45) is 0. The highest BCUT2D eigenvalue weighted by Gasteiger charge is 2.11. The van der Waals surface area contributed by atoms with Crippen molar-refractivity contribution in [3.63, 3.8) is 0 Å². The minimum Gasteiger partial charge on any atom is -0.493 e. The predicted molar refractivity (Wildman–Crippen MR) is 86.1 cm³/mol. The number of hydrogen-bond donors (Lipinski definition) is 1. The molecule has 0 aromatic heterocycles. The van der Waals surface area contributed by atoms with Crippen molar-refractivity contribution in [3.8, 4) is 23.0 Å². The second-order valence-corrected chi connectivity index (χ2v) is 4.73. The highest BCUT2D eigenvalue weighted by molar-refractivity contribution is 5.54. The van der Waals surface area contributed by atoms with Gasteiger partial charge in [0.25, 0.3) is 0 Å². The van der Waals surface area contributed by atoms with Crippen LogP contribution in [0.2, 0.25) is 0 Å². The van der Waals surface area contributed by atoms with Crippen LogP contribution in [-0.2, 0) is 0 Å². The number of rotatable bonds is 7. The molecule has 0 heterocycles. The van der Waals surface area contributed by atoms with Crippen LogP contribution >= 0.6 is 0 Å². The van der Waals surface area contributed by atoms with Gasteiger partial charge in [-0.1, -0.05) is 12.1 Å². The maximum absolute atomic E-state index is 5.90. The van der Waals surface area contributed by atoms with E-state index < -0.39 is 0 Å². The van der Waals surface area contributed by atoms with Crippen LogP contribution in [0.3, 0.4) is 0 Å². The zero-order valence-electron chi connectivity index (χ0n) is 13.1. The predicted octanol–water partition coefficient (Wildman–Crippen LogP) is 3.05. The van der Waals surface area contributed by atoms with Crippen LogP contribution in [0.25, 0.3) is 0 Å². The van der Waals surface area contributed by atoms with Gasteiger partial charge in [0.2, 0.25) is 5.75 Å². The fraction of sp³-hybridized carbons (Fsp3) is 0.294. The summed E-state index contributed by atoms with van der Waals surface area (Å²) in [6, 6.07) is 11.2. The zero-order chi connectivity index (χ0) is 15.9. The minimum absolute atomic E-state index is 0.351. The lowest BCUT2D eigenvalue weighted by molar-refractivity contribution is 0.205. The number of nitrogens with two attached hydrogens (primary N) is 1. The molecule has 0 amide bonds. The summed E-state index contributed by atoms with van der Waals surface area (Å²) in [6.45, 7) is 2.70. The normalized spacial score (nSPS) is 10.1. The highest BCUT2D eigenvalue weighted by Crippen LogP contribution is 2.36. The monoisotopic (exact) mass is 303 g/mol. The van der Waals surface area contributed by atoms with Gasteiger partial charge in [0, 0.05) is 0 Å². The van der Waals surface area contributed by atoms with Gasteiger partial charge in [0.05, 0.1) is 19.9 Å². The van der Waals surface area contributed by atoms with E-state index >= 15 is 0 Å². The molecule has 0 unspecified atom stereocenters. The number of methoxy groups -OCH3 is 2. The Kier molecular flexibility index (Phi) is 5.36. The first-order valence-corrected chi connectivity index (χ1v) is 6.98. The van der Waals surface area contributed by atoms with Crippen molar-refractivity contribution in [2.24, 2.45) is 0 Å². The molecular weight excluding hydrogens is 282 g/mol. The van der Waals surface area contributed by atoms with Crippen LogP contribution in [0.15, 0.2) is 36.4 Å². The van der Waals surface area contributed by atoms with Gasteiger partial charge >= 0.3 is 0 Å². The van der Waals surface area contributed by atoms with Crippen LogP contribution in [0.1, 0.15) is 5.56 Å². The summed E-state index contributed by atoms with van der Waals surface area (Å²) in [5.41, 5.74) is 7.62. The molecule has 2 aromatic rings. The number of hydrogen-bond acceptors (Lipinski definition) is 5. The molecule has 22 heavy (non-hydrogen) atoms. The first-order chi connectivity index (χ1) is 10.7. The number of nitrogen functional groups attached to an aromatic ring is 1. The van der Waals surface area contributed by atoms with Gasteiger partial charge in [0.1, 0.15) is 19.0 Å². The van der Waals surface area contributed by atoms with E-state index in [0.717, 1.165) is 5.56 Å². The third kappa shape index (κ3) is 3.75. The molecule has 0 saturated carbocycles. The quantitative estimate of drug-likeness (QED) is 0.629. The van der Waals surface area contributed by atoms with Crippen molar-refractivity contribution in [2.45, 2.75) is 6.92 Å². The molecule has 0 saturated heterocycles. The summed E-state index contributed by atoms with van der Waals surface area (Å²) < 4.78 is 21.9. The van der Waals surface area contributed by atoms with E-state index in [2.05, 4.69) is 0 Å². The number of para-hydroxylation sites is 1. The molecule has 2 N–H and O–H groups in total. The summed E-state index contributed by atoms with van der Waals surface area (Å²) in [4.78, 5) is 0. The fourth-order valence-corrected chi connectivity index (χ4v) is 2.05. The topological polar surface area (TPSA) is 62.9 Å². The number of aryl methyl sites for hydroxylation is 1. The van der Waals surface area contributed by atoms with Gasteiger partial charge in [-0.2, -0.15) is 0 Å². The van der Waals surface area contributed by atoms with E-state index in [9.17, 15) is 0 Å². The van der Waals surface area contributed by atoms with Crippen LogP contribution in [0.4, 0.5) is 5.69 Å². The average Bonchev–Trinajstić information content (AvgIpc) is 2.53. The van der Waals surface area contributed by atoms with E-state index in [-0.39, 0.29) is 0 Å². The van der Waals surface area contributed by atoms with E-state index in [1.54, 1.807) is 14.2 Å². The van der Waals surface area contributed by atoms with Crippen molar-refractivity contribution in [1.29, 1.82) is 0 Å². The Morgan fingerprint density at radius 3 is 2.09 bits per heavy atom. The molecule has 0 aliphatic rings. The Labute approximate surface area is 130 Å². The first-order valence-electron chi connectivity index (χ1n) is 6.98. The maximum atomic E-state index is 5.90. The van der Waals surface area contributed by atoms with Crippen LogP contribution in [0.5, 0.6) is 23.0 Å². The molecule has 0 atom stereocenters. The minimum atomic E-state index is 0.351. The number of benzene rings is 2. The Balaban J connectivity index is 1.94. The van der Waals surface area contributed by atoms with E-state index in [0.29, 0.717) is 41.9 Å². The smallest absolute Gasteiger partial charge is 0.203 e. The van der Waals surface area contributed by atoms with Gasteiger partial charge in [-0.05, 0) is 36.8 Å². The molecule has 5 heteroatoms. The maximum Gasteiger partial charge on any atom is 0.203 e. The van der Waals surface area contributed by atoms with Crippen molar-refractivity contribution >= 4 is 5.69 Å². The van der Waals surface area contributed by atoms with Gasteiger partial charge in [-0.15, -0.1) is 0 Å². The van der Waals surface area contributed by atoms with E-state index in [1.807, 2.05) is 43.3 Å². The van der Waals surface area contributed by atoms with Crippen molar-refractivity contribution < 1.29 is 18.9 Å². The second kappa shape index (κ2) is 7.45. The van der Waals surface area contributed by atoms with E-state index in [4.69, 9.17) is 24.7 Å². The molecular formula is C17H21NO4. The number of anilines is 1. The molecule has 0 fully saturated rings. The lowest BCUT2D eigenvalue weighted by Gasteiger charge is -2.15. The van der Waals surface area contributed by atoms with Gasteiger partial charge in [-0.3, -0.25) is 0 Å². The lowest BCUT2D eigenvalue weighted by atomic mass is 10.2. The Morgan fingerprint density at radius 1 is 0.864 bits per heavy atom. The lowest BCUT2D eigenvalue weighted by Crippen LogP contribution is -2.11. The van der Waals surface area contributed by atoms with Crippen LogP contribution < -0.4 is 24.7 Å². The molecule has 0 radical (unpaired) electrons. The average molecular weight is 303 g/mol. The molecule has 5 nitrogen and oxygen atoms in total. The highest BCUT2D eigenvalue weighted by atomic mass is 16.6. The Morgan fingerprint density at radius 2 is 1.50 bits per heavy atom. The van der Waals surface area contributed by atoms with E-state index in [1.165, 1.54) is 0 Å².